The summed E-state index contributed by atoms with van der Waals surface area (Å²) < 4.78 is 6.17. The largest absolute Gasteiger partial charge is 0.488 e. The summed E-state index contributed by atoms with van der Waals surface area (Å²) in [6, 6.07) is 4.04. The Balaban J connectivity index is 0.000000602. The quantitative estimate of drug-likeness (QED) is 0.733. The molecule has 0 aromatic carbocycles. The Labute approximate surface area is 120 Å². The van der Waals surface area contributed by atoms with Crippen molar-refractivity contribution in [2.24, 2.45) is 5.41 Å². The molecule has 3 nitrogen and oxygen atoms in total. The van der Waals surface area contributed by atoms with Gasteiger partial charge >= 0.3 is 0 Å². The molecule has 4 rings (SSSR count). The molecule has 0 radical (unpaired) electrons. The maximum absolute atomic E-state index is 6.17. The topological polar surface area (TPSA) is 25.4 Å². The van der Waals surface area contributed by atoms with Gasteiger partial charge in [0.15, 0.2) is 0 Å². The minimum Gasteiger partial charge on any atom is -0.488 e. The summed E-state index contributed by atoms with van der Waals surface area (Å²) in [5, 5.41) is 0. The Hall–Kier alpha value is -0.510. The van der Waals surface area contributed by atoms with Crippen LogP contribution in [0, 0.1) is 5.41 Å². The lowest BCUT2D eigenvalue weighted by Crippen LogP contribution is -2.50. The van der Waals surface area contributed by atoms with E-state index in [0.29, 0.717) is 11.5 Å². The zero-order valence-corrected chi connectivity index (χ0v) is 11.8. The minimum atomic E-state index is 0. The fraction of sp³-hybridized carbons (Fsp3) is 0.615. The molecule has 3 aliphatic heterocycles. The first-order valence-electron chi connectivity index (χ1n) is 6.19. The van der Waals surface area contributed by atoms with E-state index in [9.17, 15) is 0 Å². The Morgan fingerprint density at radius 3 is 3.11 bits per heavy atom. The molecule has 5 heteroatoms. The molecule has 0 aliphatic carbocycles. The second kappa shape index (κ2) is 4.87. The Kier molecular flexibility index (Phi) is 3.77. The smallest absolute Gasteiger partial charge is 0.141 e. The fourth-order valence-corrected chi connectivity index (χ4v) is 3.64. The normalized spacial score (nSPS) is 35.3. The maximum atomic E-state index is 6.17. The second-order valence-corrected chi connectivity index (χ2v) is 5.41. The van der Waals surface area contributed by atoms with Crippen LogP contribution in [0.3, 0.4) is 0 Å². The molecule has 18 heavy (non-hydrogen) atoms. The van der Waals surface area contributed by atoms with E-state index in [4.69, 9.17) is 4.74 Å². The van der Waals surface area contributed by atoms with Gasteiger partial charge in [-0.15, -0.1) is 24.8 Å². The molecule has 4 heterocycles. The SMILES string of the molecule is Cl.Cl.c1cnc2c(c1)O[C@H]1CCN3CC[C@@]1(C2)C3. The fourth-order valence-electron chi connectivity index (χ4n) is 3.64. The maximum Gasteiger partial charge on any atom is 0.141 e. The summed E-state index contributed by atoms with van der Waals surface area (Å²) in [5.41, 5.74) is 1.54. The third-order valence-electron chi connectivity index (χ3n) is 4.49. The molecule has 1 aromatic heterocycles. The lowest BCUT2D eigenvalue weighted by molar-refractivity contribution is -0.00192. The Morgan fingerprint density at radius 2 is 2.22 bits per heavy atom. The van der Waals surface area contributed by atoms with Crippen molar-refractivity contribution in [3.63, 3.8) is 0 Å². The summed E-state index contributed by atoms with van der Waals surface area (Å²) in [4.78, 5) is 7.06. The van der Waals surface area contributed by atoms with E-state index in [1.807, 2.05) is 12.3 Å². The first kappa shape index (κ1) is 13.9. The van der Waals surface area contributed by atoms with Gasteiger partial charge in [-0.3, -0.25) is 4.98 Å². The van der Waals surface area contributed by atoms with E-state index in [2.05, 4.69) is 16.0 Å². The van der Waals surface area contributed by atoms with Crippen LogP contribution in [-0.4, -0.2) is 35.6 Å². The van der Waals surface area contributed by atoms with E-state index >= 15 is 0 Å². The highest BCUT2D eigenvalue weighted by Crippen LogP contribution is 2.47. The van der Waals surface area contributed by atoms with E-state index in [-0.39, 0.29) is 24.8 Å². The second-order valence-electron chi connectivity index (χ2n) is 5.41. The van der Waals surface area contributed by atoms with E-state index in [0.717, 1.165) is 12.2 Å². The molecule has 3 atom stereocenters. The highest BCUT2D eigenvalue weighted by atomic mass is 35.5. The number of aromatic nitrogens is 1. The van der Waals surface area contributed by atoms with Gasteiger partial charge in [-0.25, -0.2) is 0 Å². The van der Waals surface area contributed by atoms with Crippen molar-refractivity contribution >= 4 is 24.8 Å². The highest BCUT2D eigenvalue weighted by molar-refractivity contribution is 5.85. The van der Waals surface area contributed by atoms with Crippen molar-refractivity contribution in [1.29, 1.82) is 0 Å². The molecule has 1 unspecified atom stereocenters. The van der Waals surface area contributed by atoms with E-state index in [1.165, 1.54) is 38.2 Å². The van der Waals surface area contributed by atoms with Crippen LogP contribution in [0.25, 0.3) is 0 Å². The summed E-state index contributed by atoms with van der Waals surface area (Å²) in [7, 11) is 0. The highest BCUT2D eigenvalue weighted by Gasteiger charge is 2.51. The molecular formula is C13H18Cl2N2O. The predicted molar refractivity (Wildman–Crippen MR) is 75.0 cm³/mol. The van der Waals surface area contributed by atoms with Gasteiger partial charge in [-0.1, -0.05) is 0 Å². The standard InChI is InChI=1S/C13H16N2O.2ClH/c1-2-11-10(14-5-1)8-13-4-7-15(9-13)6-3-12(13)16-11;;/h1-2,5,12H,3-4,6-9H2;2*1H/t12-,13+;;/m0../s1. The molecule has 2 fully saturated rings. The van der Waals surface area contributed by atoms with Gasteiger partial charge in [0.1, 0.15) is 11.9 Å². The van der Waals surface area contributed by atoms with Crippen molar-refractivity contribution in [3.8, 4) is 5.75 Å². The van der Waals surface area contributed by atoms with Gasteiger partial charge in [0.25, 0.3) is 0 Å². The number of fused-ring (bicyclic) bond motifs is 2. The number of rotatable bonds is 0. The molecule has 1 spiro atoms. The molecule has 2 saturated heterocycles. The monoisotopic (exact) mass is 288 g/mol. The molecule has 0 saturated carbocycles. The van der Waals surface area contributed by atoms with Crippen molar-refractivity contribution in [2.45, 2.75) is 25.4 Å². The van der Waals surface area contributed by atoms with E-state index < -0.39 is 0 Å². The lowest BCUT2D eigenvalue weighted by Gasteiger charge is -2.44. The van der Waals surface area contributed by atoms with Crippen LogP contribution in [0.15, 0.2) is 18.3 Å². The molecule has 0 amide bonds. The number of ether oxygens (including phenoxy) is 1. The zero-order valence-electron chi connectivity index (χ0n) is 10.2. The lowest BCUT2D eigenvalue weighted by atomic mass is 9.73. The molecule has 2 bridgehead atoms. The van der Waals surface area contributed by atoms with Gasteiger partial charge in [0.2, 0.25) is 0 Å². The van der Waals surface area contributed by atoms with Gasteiger partial charge < -0.3 is 9.64 Å². The first-order valence-corrected chi connectivity index (χ1v) is 6.19. The average molecular weight is 289 g/mol. The number of piperidine rings is 1. The van der Waals surface area contributed by atoms with Crippen molar-refractivity contribution < 1.29 is 4.74 Å². The van der Waals surface area contributed by atoms with Gasteiger partial charge in [-0.2, -0.15) is 0 Å². The number of hydrogen-bond acceptors (Lipinski definition) is 3. The third kappa shape index (κ3) is 1.89. The average Bonchev–Trinajstić information content (AvgIpc) is 2.64. The van der Waals surface area contributed by atoms with Crippen LogP contribution in [0.2, 0.25) is 0 Å². The number of pyridine rings is 1. The summed E-state index contributed by atoms with van der Waals surface area (Å²) in [6.07, 6.45) is 5.91. The Bertz CT molecular complexity index is 441. The van der Waals surface area contributed by atoms with Gasteiger partial charge in [-0.05, 0) is 31.5 Å². The molecule has 100 valence electrons. The number of nitrogens with zero attached hydrogens (tertiary/aromatic N) is 2. The summed E-state index contributed by atoms with van der Waals surface area (Å²) in [6.45, 7) is 3.68. The first-order chi connectivity index (χ1) is 7.86. The number of halogens is 2. The molecule has 1 aromatic rings. The molecule has 0 N–H and O–H groups in total. The van der Waals surface area contributed by atoms with E-state index in [1.54, 1.807) is 0 Å². The Morgan fingerprint density at radius 1 is 1.33 bits per heavy atom. The van der Waals surface area contributed by atoms with Crippen LogP contribution in [0.5, 0.6) is 5.75 Å². The minimum absolute atomic E-state index is 0. The molecule has 3 aliphatic rings. The van der Waals surface area contributed by atoms with Crippen LogP contribution in [0.4, 0.5) is 0 Å². The molecular weight excluding hydrogens is 271 g/mol. The van der Waals surface area contributed by atoms with Crippen LogP contribution in [-0.2, 0) is 6.42 Å². The van der Waals surface area contributed by atoms with Crippen molar-refractivity contribution in [2.75, 3.05) is 19.6 Å². The van der Waals surface area contributed by atoms with Crippen LogP contribution in [0.1, 0.15) is 18.5 Å². The third-order valence-corrected chi connectivity index (χ3v) is 4.49. The zero-order chi connectivity index (χ0) is 10.6. The number of hydrogen-bond donors (Lipinski definition) is 0. The van der Waals surface area contributed by atoms with Crippen molar-refractivity contribution in [3.05, 3.63) is 24.0 Å². The van der Waals surface area contributed by atoms with Gasteiger partial charge in [0, 0.05) is 31.1 Å². The summed E-state index contributed by atoms with van der Waals surface area (Å²) in [5.74, 6) is 1.03. The predicted octanol–water partition coefficient (Wildman–Crippen LogP) is 2.32. The van der Waals surface area contributed by atoms with Crippen LogP contribution < -0.4 is 4.74 Å². The van der Waals surface area contributed by atoms with Crippen LogP contribution >= 0.6 is 24.8 Å². The van der Waals surface area contributed by atoms with Crippen molar-refractivity contribution in [1.82, 2.24) is 9.88 Å². The van der Waals surface area contributed by atoms with Gasteiger partial charge in [0.05, 0.1) is 5.69 Å². The summed E-state index contributed by atoms with van der Waals surface area (Å²) >= 11 is 0.